The molecular weight excluding hydrogens is 512 g/mol. The van der Waals surface area contributed by atoms with Gasteiger partial charge in [-0.15, -0.1) is 0 Å². The van der Waals surface area contributed by atoms with Crippen molar-refractivity contribution in [2.75, 3.05) is 73.9 Å². The molecule has 3 N–H and O–H groups in total. The van der Waals surface area contributed by atoms with Gasteiger partial charge in [0.05, 0.1) is 13.7 Å². The van der Waals surface area contributed by atoms with Crippen LogP contribution < -0.4 is 25.4 Å². The van der Waals surface area contributed by atoms with Gasteiger partial charge >= 0.3 is 0 Å². The minimum absolute atomic E-state index is 0.0330. The first-order chi connectivity index (χ1) is 19.4. The zero-order valence-electron chi connectivity index (χ0n) is 25.6. The summed E-state index contributed by atoms with van der Waals surface area (Å²) in [5.74, 6) is 1.81. The number of carbonyl (C=O) groups is 2. The van der Waals surface area contributed by atoms with E-state index >= 15 is 0 Å². The van der Waals surface area contributed by atoms with Crippen LogP contribution in [0.5, 0.6) is 11.5 Å². The minimum Gasteiger partial charge on any atom is -0.493 e. The molecule has 1 atom stereocenters. The van der Waals surface area contributed by atoms with E-state index in [4.69, 9.17) is 18.9 Å². The molecule has 1 aromatic rings. The van der Waals surface area contributed by atoms with Crippen LogP contribution in [-0.4, -0.2) is 103 Å². The summed E-state index contributed by atoms with van der Waals surface area (Å²) in [7, 11) is 5.02. The van der Waals surface area contributed by atoms with Crippen LogP contribution in [0, 0.1) is 5.92 Å². The van der Waals surface area contributed by atoms with Gasteiger partial charge in [-0.3, -0.25) is 9.59 Å². The molecule has 0 aliphatic carbocycles. The fraction of sp³-hybridized carbons (Fsp3) is 0.733. The van der Waals surface area contributed by atoms with E-state index in [2.05, 4.69) is 22.9 Å². The van der Waals surface area contributed by atoms with Gasteiger partial charge in [0, 0.05) is 71.1 Å². The molecule has 230 valence electrons. The number of carbonyl (C=O) groups excluding carboxylic acids is 2. The number of nitrogens with zero attached hydrogens (tertiary/aromatic N) is 1. The van der Waals surface area contributed by atoms with E-state index in [1.54, 1.807) is 44.4 Å². The molecule has 0 radical (unpaired) electrons. The Kier molecular flexibility index (Phi) is 19.9. The van der Waals surface area contributed by atoms with Gasteiger partial charge in [0.15, 0.2) is 11.5 Å². The highest BCUT2D eigenvalue weighted by molar-refractivity contribution is 5.94. The molecule has 2 amide bonds. The minimum atomic E-state index is -0.0330. The van der Waals surface area contributed by atoms with E-state index in [0.29, 0.717) is 36.2 Å². The van der Waals surface area contributed by atoms with E-state index in [1.807, 2.05) is 13.8 Å². The maximum absolute atomic E-state index is 12.3. The average molecular weight is 567 g/mol. The molecule has 0 saturated carbocycles. The molecule has 2 aliphatic heterocycles. The number of piperidine rings is 1. The van der Waals surface area contributed by atoms with Gasteiger partial charge in [-0.05, 0) is 76.7 Å². The normalized spacial score (nSPS) is 17.0. The highest BCUT2D eigenvalue weighted by Gasteiger charge is 2.17. The molecule has 2 saturated heterocycles. The largest absolute Gasteiger partial charge is 0.493 e. The van der Waals surface area contributed by atoms with Crippen molar-refractivity contribution in [3.8, 4) is 11.5 Å². The van der Waals surface area contributed by atoms with Crippen molar-refractivity contribution in [1.82, 2.24) is 20.9 Å². The van der Waals surface area contributed by atoms with Crippen LogP contribution >= 0.6 is 0 Å². The zero-order valence-corrected chi connectivity index (χ0v) is 25.6. The van der Waals surface area contributed by atoms with Crippen LogP contribution in [0.2, 0.25) is 0 Å². The number of hydrogen-bond acceptors (Lipinski definition) is 8. The third kappa shape index (κ3) is 14.8. The summed E-state index contributed by atoms with van der Waals surface area (Å²) < 4.78 is 21.1. The maximum Gasteiger partial charge on any atom is 0.253 e. The van der Waals surface area contributed by atoms with Gasteiger partial charge in [0.25, 0.3) is 5.91 Å². The molecule has 2 heterocycles. The van der Waals surface area contributed by atoms with Gasteiger partial charge < -0.3 is 39.8 Å². The van der Waals surface area contributed by atoms with E-state index in [0.717, 1.165) is 64.6 Å². The molecule has 1 aromatic carbocycles. The number of nitrogens with one attached hydrogen (secondary N) is 3. The van der Waals surface area contributed by atoms with E-state index in [9.17, 15) is 9.59 Å². The summed E-state index contributed by atoms with van der Waals surface area (Å²) in [6.45, 7) is 13.3. The lowest BCUT2D eigenvalue weighted by Crippen LogP contribution is -2.42. The predicted octanol–water partition coefficient (Wildman–Crippen LogP) is 3.10. The van der Waals surface area contributed by atoms with Gasteiger partial charge in [0.1, 0.15) is 0 Å². The summed E-state index contributed by atoms with van der Waals surface area (Å²) in [5, 5.41) is 9.46. The average Bonchev–Trinajstić information content (AvgIpc) is 2.99. The van der Waals surface area contributed by atoms with Crippen LogP contribution in [0.3, 0.4) is 0 Å². The molecule has 0 spiro atoms. The Balaban J connectivity index is 0.000000346. The molecule has 1 unspecified atom stereocenters. The summed E-state index contributed by atoms with van der Waals surface area (Å²) in [4.78, 5) is 23.9. The Hall–Kier alpha value is -2.40. The van der Waals surface area contributed by atoms with Crippen LogP contribution in [0.4, 0.5) is 0 Å². The Morgan fingerprint density at radius 2 is 1.93 bits per heavy atom. The van der Waals surface area contributed by atoms with Gasteiger partial charge in [-0.25, -0.2) is 0 Å². The summed E-state index contributed by atoms with van der Waals surface area (Å²) >= 11 is 0. The molecule has 10 nitrogen and oxygen atoms in total. The second-order valence-corrected chi connectivity index (χ2v) is 10.3. The second kappa shape index (κ2) is 22.3. The van der Waals surface area contributed by atoms with E-state index in [-0.39, 0.29) is 11.9 Å². The molecule has 0 bridgehead atoms. The van der Waals surface area contributed by atoms with Crippen LogP contribution in [-0.2, 0) is 14.3 Å². The Labute approximate surface area is 241 Å². The van der Waals surface area contributed by atoms with Gasteiger partial charge in [-0.1, -0.05) is 6.92 Å². The molecule has 2 aliphatic rings. The molecule has 0 aromatic heterocycles. The number of methoxy groups -OCH3 is 2. The SMILES string of the molecule is CCNC1CCCNC1.COCCCOc1cc(C(=O)N(C)C(C)C)ccc1OC.O=CNCC1CCOCC1. The smallest absolute Gasteiger partial charge is 0.253 e. The van der Waals surface area contributed by atoms with Gasteiger partial charge in [0.2, 0.25) is 6.41 Å². The van der Waals surface area contributed by atoms with Crippen molar-refractivity contribution in [3.63, 3.8) is 0 Å². The number of ether oxygens (including phenoxy) is 4. The molecule has 3 rings (SSSR count). The number of hydrogen-bond donors (Lipinski definition) is 3. The number of amides is 2. The van der Waals surface area contributed by atoms with Gasteiger partial charge in [-0.2, -0.15) is 0 Å². The lowest BCUT2D eigenvalue weighted by molar-refractivity contribution is -0.109. The number of benzene rings is 1. The first-order valence-corrected chi connectivity index (χ1v) is 14.6. The quantitative estimate of drug-likeness (QED) is 0.247. The van der Waals surface area contributed by atoms with Crippen molar-refractivity contribution >= 4 is 12.3 Å². The Bertz CT molecular complexity index is 796. The van der Waals surface area contributed by atoms with Crippen LogP contribution in [0.15, 0.2) is 18.2 Å². The maximum atomic E-state index is 12.3. The topological polar surface area (TPSA) is 110 Å². The van der Waals surface area contributed by atoms with Crippen molar-refractivity contribution in [2.24, 2.45) is 5.92 Å². The lowest BCUT2D eigenvalue weighted by atomic mass is 10.0. The Morgan fingerprint density at radius 1 is 1.18 bits per heavy atom. The Morgan fingerprint density at radius 3 is 2.50 bits per heavy atom. The first kappa shape index (κ1) is 35.6. The zero-order chi connectivity index (χ0) is 29.6. The fourth-order valence-corrected chi connectivity index (χ4v) is 4.23. The first-order valence-electron chi connectivity index (χ1n) is 14.6. The molecule has 40 heavy (non-hydrogen) atoms. The number of likely N-dealkylation sites (N-methyl/N-ethyl adjacent to an activating group) is 1. The highest BCUT2D eigenvalue weighted by Crippen LogP contribution is 2.28. The monoisotopic (exact) mass is 566 g/mol. The van der Waals surface area contributed by atoms with Crippen molar-refractivity contribution < 1.29 is 28.5 Å². The van der Waals surface area contributed by atoms with Crippen molar-refractivity contribution in [1.29, 1.82) is 0 Å². The van der Waals surface area contributed by atoms with Crippen LogP contribution in [0.25, 0.3) is 0 Å². The highest BCUT2D eigenvalue weighted by atomic mass is 16.5. The third-order valence-corrected chi connectivity index (χ3v) is 6.88. The standard InChI is InChI=1S/C16H25NO4.C7H16N2.C7H13NO2/c1-12(2)17(3)16(18)13-7-8-14(20-5)15(11-13)21-10-6-9-19-4;1-2-9-7-4-3-5-8-6-7;9-6-8-5-7-1-3-10-4-2-7/h7-8,11-12H,6,9-10H2,1-5H3;7-9H,2-6H2,1H3;6-7H,1-5H2,(H,8,9). The predicted molar refractivity (Wildman–Crippen MR) is 159 cm³/mol. The number of rotatable bonds is 13. The summed E-state index contributed by atoms with van der Waals surface area (Å²) in [5.41, 5.74) is 0.591. The van der Waals surface area contributed by atoms with E-state index in [1.165, 1.54) is 19.4 Å². The summed E-state index contributed by atoms with van der Waals surface area (Å²) in [6.07, 6.45) is 6.39. The lowest BCUT2D eigenvalue weighted by Gasteiger charge is -2.22. The molecule has 2 fully saturated rings. The summed E-state index contributed by atoms with van der Waals surface area (Å²) in [6, 6.07) is 6.12. The third-order valence-electron chi connectivity index (χ3n) is 6.88. The van der Waals surface area contributed by atoms with E-state index < -0.39 is 0 Å². The molecular formula is C30H54N4O6. The van der Waals surface area contributed by atoms with Crippen LogP contribution in [0.1, 0.15) is 63.2 Å². The van der Waals surface area contributed by atoms with Crippen molar-refractivity contribution in [3.05, 3.63) is 23.8 Å². The molecule has 10 heteroatoms. The fourth-order valence-electron chi connectivity index (χ4n) is 4.23. The van der Waals surface area contributed by atoms with Crippen molar-refractivity contribution in [2.45, 2.75) is 65.0 Å². The second-order valence-electron chi connectivity index (χ2n) is 10.3.